The summed E-state index contributed by atoms with van der Waals surface area (Å²) >= 11 is 0. The average Bonchev–Trinajstić information content (AvgIpc) is 2.79. The van der Waals surface area contributed by atoms with Crippen molar-refractivity contribution in [3.8, 4) is 0 Å². The first-order valence-corrected chi connectivity index (χ1v) is 9.67. The Morgan fingerprint density at radius 3 is 2.38 bits per heavy atom. The molecule has 2 unspecified atom stereocenters. The Balaban J connectivity index is 2.06. The number of sulfone groups is 1. The van der Waals surface area contributed by atoms with Crippen molar-refractivity contribution < 1.29 is 8.42 Å². The molecule has 1 aliphatic rings. The van der Waals surface area contributed by atoms with Gasteiger partial charge >= 0.3 is 0 Å². The van der Waals surface area contributed by atoms with Crippen molar-refractivity contribution in [1.82, 2.24) is 5.32 Å². The third-order valence-electron chi connectivity index (χ3n) is 4.54. The Bertz CT molecular complexity index is 549. The van der Waals surface area contributed by atoms with Gasteiger partial charge in [0, 0.05) is 0 Å². The zero-order chi connectivity index (χ0) is 15.5. The van der Waals surface area contributed by atoms with E-state index in [1.54, 1.807) is 0 Å². The largest absolute Gasteiger partial charge is 0.319 e. The molecule has 0 bridgehead atoms. The van der Waals surface area contributed by atoms with Gasteiger partial charge in [0.25, 0.3) is 0 Å². The van der Waals surface area contributed by atoms with Crippen molar-refractivity contribution in [2.75, 3.05) is 25.1 Å². The third kappa shape index (κ3) is 4.55. The Hall–Kier alpha value is -0.870. The van der Waals surface area contributed by atoms with E-state index in [1.165, 1.54) is 11.1 Å². The second-order valence-electron chi connectivity index (χ2n) is 6.58. The molecule has 0 aliphatic carbocycles. The van der Waals surface area contributed by atoms with Crippen molar-refractivity contribution in [2.24, 2.45) is 11.8 Å². The van der Waals surface area contributed by atoms with Gasteiger partial charge in [-0.15, -0.1) is 0 Å². The molecule has 1 N–H and O–H groups in total. The maximum absolute atomic E-state index is 11.7. The number of benzene rings is 1. The van der Waals surface area contributed by atoms with Crippen molar-refractivity contribution in [1.29, 1.82) is 0 Å². The summed E-state index contributed by atoms with van der Waals surface area (Å²) in [7, 11) is -0.854. The van der Waals surface area contributed by atoms with Crippen LogP contribution in [-0.4, -0.2) is 33.5 Å². The summed E-state index contributed by atoms with van der Waals surface area (Å²) in [6.45, 7) is 5.27. The molecule has 0 aromatic heterocycles. The van der Waals surface area contributed by atoms with Crippen molar-refractivity contribution in [3.05, 3.63) is 35.4 Å². The van der Waals surface area contributed by atoms with E-state index >= 15 is 0 Å². The van der Waals surface area contributed by atoms with Crippen LogP contribution in [0.25, 0.3) is 0 Å². The molecule has 0 spiro atoms. The molecule has 1 aromatic rings. The molecule has 1 aromatic carbocycles. The molecule has 118 valence electrons. The fourth-order valence-electron chi connectivity index (χ4n) is 3.20. The Morgan fingerprint density at radius 1 is 1.24 bits per heavy atom. The summed E-state index contributed by atoms with van der Waals surface area (Å²) in [5.74, 6) is 1.98. The molecule has 1 aliphatic heterocycles. The van der Waals surface area contributed by atoms with E-state index in [-0.39, 0.29) is 0 Å². The first-order valence-electron chi connectivity index (χ1n) is 7.85. The summed E-state index contributed by atoms with van der Waals surface area (Å²) in [5.41, 5.74) is 2.66. The van der Waals surface area contributed by atoms with Crippen molar-refractivity contribution in [2.45, 2.75) is 32.6 Å². The predicted octanol–water partition coefficient (Wildman–Crippen LogP) is 2.62. The van der Waals surface area contributed by atoms with Crippen LogP contribution in [0.4, 0.5) is 0 Å². The van der Waals surface area contributed by atoms with E-state index in [0.29, 0.717) is 29.3 Å². The van der Waals surface area contributed by atoms with Crippen LogP contribution in [0, 0.1) is 11.8 Å². The molecule has 4 heteroatoms. The lowest BCUT2D eigenvalue weighted by Gasteiger charge is -2.22. The summed E-state index contributed by atoms with van der Waals surface area (Å²) < 4.78 is 23.4. The van der Waals surface area contributed by atoms with Gasteiger partial charge in [0.15, 0.2) is 9.84 Å². The standard InChI is InChI=1S/C17H27NO2S/c1-13(2)15-6-4-14(5-7-15)10-17(11-18-3)16-8-9-21(19,20)12-16/h4-7,13,16-18H,8-12H2,1-3H3. The van der Waals surface area contributed by atoms with Crippen LogP contribution in [0.5, 0.6) is 0 Å². The zero-order valence-corrected chi connectivity index (χ0v) is 14.1. The van der Waals surface area contributed by atoms with Crippen molar-refractivity contribution >= 4 is 9.84 Å². The lowest BCUT2D eigenvalue weighted by atomic mass is 9.86. The molecule has 3 nitrogen and oxygen atoms in total. The number of hydrogen-bond acceptors (Lipinski definition) is 3. The Labute approximate surface area is 129 Å². The van der Waals surface area contributed by atoms with E-state index in [1.807, 2.05) is 7.05 Å². The van der Waals surface area contributed by atoms with Gasteiger partial charge in [-0.1, -0.05) is 38.1 Å². The van der Waals surface area contributed by atoms with E-state index in [4.69, 9.17) is 0 Å². The van der Waals surface area contributed by atoms with Gasteiger partial charge in [0.05, 0.1) is 11.5 Å². The minimum absolute atomic E-state index is 0.298. The predicted molar refractivity (Wildman–Crippen MR) is 88.4 cm³/mol. The van der Waals surface area contributed by atoms with Gasteiger partial charge in [0.2, 0.25) is 0 Å². The molecule has 1 heterocycles. The summed E-state index contributed by atoms with van der Waals surface area (Å²) in [6.07, 6.45) is 1.78. The highest BCUT2D eigenvalue weighted by Crippen LogP contribution is 2.28. The number of hydrogen-bond donors (Lipinski definition) is 1. The van der Waals surface area contributed by atoms with Crippen molar-refractivity contribution in [3.63, 3.8) is 0 Å². The molecule has 1 saturated heterocycles. The van der Waals surface area contributed by atoms with Gasteiger partial charge in [-0.3, -0.25) is 0 Å². The number of rotatable bonds is 6. The highest BCUT2D eigenvalue weighted by atomic mass is 32.2. The van der Waals surface area contributed by atoms with Crippen LogP contribution in [-0.2, 0) is 16.3 Å². The average molecular weight is 309 g/mol. The first kappa shape index (κ1) is 16.5. The van der Waals surface area contributed by atoms with Gasteiger partial charge < -0.3 is 5.32 Å². The van der Waals surface area contributed by atoms with Gasteiger partial charge in [0.1, 0.15) is 0 Å². The fourth-order valence-corrected chi connectivity index (χ4v) is 5.12. The Morgan fingerprint density at radius 2 is 1.90 bits per heavy atom. The molecule has 21 heavy (non-hydrogen) atoms. The van der Waals surface area contributed by atoms with Crippen LogP contribution in [0.15, 0.2) is 24.3 Å². The lowest BCUT2D eigenvalue weighted by Crippen LogP contribution is -2.28. The fraction of sp³-hybridized carbons (Fsp3) is 0.647. The molecular weight excluding hydrogens is 282 g/mol. The molecule has 0 saturated carbocycles. The maximum Gasteiger partial charge on any atom is 0.150 e. The van der Waals surface area contributed by atoms with Gasteiger partial charge in [-0.05, 0) is 55.3 Å². The number of nitrogens with one attached hydrogen (secondary N) is 1. The maximum atomic E-state index is 11.7. The highest BCUT2D eigenvalue weighted by molar-refractivity contribution is 7.91. The molecule has 1 fully saturated rings. The summed E-state index contributed by atoms with van der Waals surface area (Å²) in [4.78, 5) is 0. The second-order valence-corrected chi connectivity index (χ2v) is 8.81. The molecule has 2 rings (SSSR count). The summed E-state index contributed by atoms with van der Waals surface area (Å²) in [5, 5.41) is 3.23. The van der Waals surface area contributed by atoms with Gasteiger partial charge in [-0.25, -0.2) is 8.42 Å². The zero-order valence-electron chi connectivity index (χ0n) is 13.3. The van der Waals surface area contributed by atoms with Crippen LogP contribution >= 0.6 is 0 Å². The third-order valence-corrected chi connectivity index (χ3v) is 6.34. The monoisotopic (exact) mass is 309 g/mol. The molecule has 0 amide bonds. The quantitative estimate of drug-likeness (QED) is 0.878. The molecular formula is C17H27NO2S. The molecule has 0 radical (unpaired) electrons. The minimum atomic E-state index is -2.80. The van der Waals surface area contributed by atoms with Crippen LogP contribution in [0.2, 0.25) is 0 Å². The SMILES string of the molecule is CNCC(Cc1ccc(C(C)C)cc1)C1CCS(=O)(=O)C1. The minimum Gasteiger partial charge on any atom is -0.319 e. The van der Waals surface area contributed by atoms with Gasteiger partial charge in [-0.2, -0.15) is 0 Å². The smallest absolute Gasteiger partial charge is 0.150 e. The van der Waals surface area contributed by atoms with Crippen LogP contribution in [0.3, 0.4) is 0 Å². The van der Waals surface area contributed by atoms with E-state index in [0.717, 1.165) is 19.4 Å². The van der Waals surface area contributed by atoms with Crippen LogP contribution in [0.1, 0.15) is 37.3 Å². The highest BCUT2D eigenvalue weighted by Gasteiger charge is 2.33. The molecule has 2 atom stereocenters. The first-order chi connectivity index (χ1) is 9.91. The van der Waals surface area contributed by atoms with E-state index in [2.05, 4.69) is 43.4 Å². The lowest BCUT2D eigenvalue weighted by molar-refractivity contribution is 0.352. The van der Waals surface area contributed by atoms with Crippen LogP contribution < -0.4 is 5.32 Å². The summed E-state index contributed by atoms with van der Waals surface area (Å²) in [6, 6.07) is 8.78. The topological polar surface area (TPSA) is 46.2 Å². The second kappa shape index (κ2) is 6.93. The Kier molecular flexibility index (Phi) is 5.44. The van der Waals surface area contributed by atoms with E-state index < -0.39 is 9.84 Å². The normalized spacial score (nSPS) is 22.6. The van der Waals surface area contributed by atoms with E-state index in [9.17, 15) is 8.42 Å².